The third-order valence-electron chi connectivity index (χ3n) is 15.9. The van der Waals surface area contributed by atoms with Gasteiger partial charge < -0.3 is 40.5 Å². The Morgan fingerprint density at radius 1 is 0.829 bits per heavy atom. The molecule has 3 amide bonds. The fourth-order valence-corrected chi connectivity index (χ4v) is 12.6. The predicted octanol–water partition coefficient (Wildman–Crippen LogP) is 7.93. The first kappa shape index (κ1) is 47.9. The van der Waals surface area contributed by atoms with Gasteiger partial charge in [0, 0.05) is 59.4 Å². The Balaban J connectivity index is 0.682. The number of fused-ring (bicyclic) bond motifs is 3. The molecule has 3 aliphatic heterocycles. The number of amides is 3. The SMILES string of the molecule is Cc1ncsc1-c1ccc(CNC(=O)[C@@H]2C[C@@H](O)CN2C(=O)[C@@H](NC(=O)[C@H]2CC[C@H](N3CCC(N4CCC(c5ccc6[nH]c7nnc(-c8ccccc8O)cc7c6c5)CC4)CC3)CC2)C(C)(C)C)cc1. The molecule has 15 heteroatoms. The number of phenolic OH excluding ortho intramolecular Hbond substituents is 1. The van der Waals surface area contributed by atoms with Crippen LogP contribution in [-0.2, 0) is 20.9 Å². The van der Waals surface area contributed by atoms with Crippen LogP contribution in [0.15, 0.2) is 78.3 Å². The lowest BCUT2D eigenvalue weighted by Crippen LogP contribution is -2.58. The van der Waals surface area contributed by atoms with Crippen molar-refractivity contribution in [2.24, 2.45) is 11.3 Å². The molecule has 0 radical (unpaired) electrons. The van der Waals surface area contributed by atoms with E-state index in [0.717, 1.165) is 121 Å². The summed E-state index contributed by atoms with van der Waals surface area (Å²) in [5.41, 5.74) is 8.70. The van der Waals surface area contributed by atoms with Gasteiger partial charge in [0.25, 0.3) is 0 Å². The Labute approximate surface area is 414 Å². The lowest BCUT2D eigenvalue weighted by Gasteiger charge is -2.45. The van der Waals surface area contributed by atoms with Crippen LogP contribution in [0.2, 0.25) is 0 Å². The highest BCUT2D eigenvalue weighted by Crippen LogP contribution is 2.37. The van der Waals surface area contributed by atoms with E-state index in [2.05, 4.69) is 58.8 Å². The van der Waals surface area contributed by atoms with E-state index in [0.29, 0.717) is 35.8 Å². The summed E-state index contributed by atoms with van der Waals surface area (Å²) in [6.07, 6.45) is 7.38. The first-order valence-corrected chi connectivity index (χ1v) is 26.3. The molecule has 4 fully saturated rings. The van der Waals surface area contributed by atoms with Crippen molar-refractivity contribution in [3.8, 4) is 27.4 Å². The summed E-state index contributed by atoms with van der Waals surface area (Å²) in [7, 11) is 0. The number of β-amino-alcohol motifs (C(OH)–C–C–N with tert-alkyl or cyclic N) is 1. The number of carbonyl (C=O) groups excluding carboxylic acids is 3. The molecule has 368 valence electrons. The van der Waals surface area contributed by atoms with Crippen molar-refractivity contribution in [3.05, 3.63) is 95.1 Å². The fourth-order valence-electron chi connectivity index (χ4n) is 11.7. The smallest absolute Gasteiger partial charge is 0.246 e. The summed E-state index contributed by atoms with van der Waals surface area (Å²) in [4.78, 5) is 57.7. The molecule has 0 spiro atoms. The summed E-state index contributed by atoms with van der Waals surface area (Å²) in [6, 6.07) is 23.4. The van der Waals surface area contributed by atoms with Gasteiger partial charge in [-0.25, -0.2) is 4.98 Å². The topological polar surface area (TPSA) is 180 Å². The summed E-state index contributed by atoms with van der Waals surface area (Å²) in [5.74, 6) is -0.216. The molecular formula is C55H67N9O5S. The van der Waals surface area contributed by atoms with Gasteiger partial charge in [-0.1, -0.05) is 63.2 Å². The minimum Gasteiger partial charge on any atom is -0.507 e. The van der Waals surface area contributed by atoms with E-state index in [-0.39, 0.29) is 42.4 Å². The number of carbonyl (C=O) groups is 3. The van der Waals surface area contributed by atoms with Gasteiger partial charge in [0.15, 0.2) is 5.65 Å². The predicted molar refractivity (Wildman–Crippen MR) is 274 cm³/mol. The van der Waals surface area contributed by atoms with Gasteiger partial charge in [0.2, 0.25) is 17.7 Å². The number of nitrogens with zero attached hydrogens (tertiary/aromatic N) is 6. The highest BCUT2D eigenvalue weighted by atomic mass is 32.1. The molecule has 6 heterocycles. The van der Waals surface area contributed by atoms with Crippen molar-refractivity contribution in [2.45, 2.75) is 128 Å². The molecule has 3 aromatic heterocycles. The number of H-pyrrole nitrogens is 1. The number of benzene rings is 3. The van der Waals surface area contributed by atoms with E-state index < -0.39 is 23.6 Å². The summed E-state index contributed by atoms with van der Waals surface area (Å²) < 4.78 is 0. The monoisotopic (exact) mass is 965 g/mol. The number of piperidine rings is 2. The van der Waals surface area contributed by atoms with Gasteiger partial charge in [-0.15, -0.1) is 21.5 Å². The normalized spacial score (nSPS) is 22.7. The zero-order valence-corrected chi connectivity index (χ0v) is 41.7. The summed E-state index contributed by atoms with van der Waals surface area (Å²) in [6.45, 7) is 12.5. The number of phenols is 1. The highest BCUT2D eigenvalue weighted by molar-refractivity contribution is 7.13. The van der Waals surface area contributed by atoms with Crippen LogP contribution in [0, 0.1) is 18.3 Å². The number of nitrogens with one attached hydrogen (secondary N) is 3. The molecule has 3 aromatic carbocycles. The molecule has 14 nitrogen and oxygen atoms in total. The quantitative estimate of drug-likeness (QED) is 0.0857. The molecule has 1 aliphatic carbocycles. The van der Waals surface area contributed by atoms with Crippen LogP contribution in [0.3, 0.4) is 0 Å². The first-order chi connectivity index (χ1) is 33.8. The number of hydrogen-bond donors (Lipinski definition) is 5. The number of aliphatic hydroxyl groups is 1. The Bertz CT molecular complexity index is 2830. The maximum absolute atomic E-state index is 14.3. The molecule has 1 saturated carbocycles. The van der Waals surface area contributed by atoms with Gasteiger partial charge in [0.1, 0.15) is 17.8 Å². The van der Waals surface area contributed by atoms with Crippen LogP contribution in [0.5, 0.6) is 5.75 Å². The van der Waals surface area contributed by atoms with E-state index >= 15 is 0 Å². The van der Waals surface area contributed by atoms with Gasteiger partial charge in [0.05, 0.1) is 27.9 Å². The van der Waals surface area contributed by atoms with Crippen molar-refractivity contribution in [2.75, 3.05) is 32.7 Å². The zero-order chi connectivity index (χ0) is 48.7. The zero-order valence-electron chi connectivity index (χ0n) is 40.9. The molecule has 3 atom stereocenters. The minimum absolute atomic E-state index is 0.0487. The molecule has 4 aliphatic rings. The van der Waals surface area contributed by atoms with E-state index in [1.54, 1.807) is 17.4 Å². The van der Waals surface area contributed by atoms with Crippen LogP contribution in [0.1, 0.15) is 101 Å². The Hall–Kier alpha value is -5.74. The Morgan fingerprint density at radius 3 is 2.21 bits per heavy atom. The molecule has 0 unspecified atom stereocenters. The second-order valence-corrected chi connectivity index (χ2v) is 22.3. The van der Waals surface area contributed by atoms with Crippen LogP contribution >= 0.6 is 11.3 Å². The maximum atomic E-state index is 14.3. The van der Waals surface area contributed by atoms with Crippen LogP contribution in [-0.4, -0.2) is 126 Å². The second-order valence-electron chi connectivity index (χ2n) is 21.4. The number of aromatic hydroxyl groups is 1. The van der Waals surface area contributed by atoms with E-state index in [4.69, 9.17) is 0 Å². The van der Waals surface area contributed by atoms with Gasteiger partial charge in [-0.05, 0) is 143 Å². The fraction of sp³-hybridized carbons (Fsp3) is 0.491. The Kier molecular flexibility index (Phi) is 13.8. The molecular weight excluding hydrogens is 899 g/mol. The Morgan fingerprint density at radius 2 is 1.53 bits per heavy atom. The largest absolute Gasteiger partial charge is 0.507 e. The molecule has 10 rings (SSSR count). The molecule has 0 bridgehead atoms. The molecule has 5 N–H and O–H groups in total. The number of thiazole rings is 1. The van der Waals surface area contributed by atoms with Gasteiger partial charge in [-0.2, -0.15) is 0 Å². The van der Waals surface area contributed by atoms with Crippen molar-refractivity contribution in [1.82, 2.24) is 45.5 Å². The van der Waals surface area contributed by atoms with Crippen molar-refractivity contribution in [1.29, 1.82) is 0 Å². The minimum atomic E-state index is -0.839. The molecule has 3 saturated heterocycles. The number of aliphatic hydroxyl groups excluding tert-OH is 1. The van der Waals surface area contributed by atoms with Crippen LogP contribution in [0.25, 0.3) is 43.6 Å². The van der Waals surface area contributed by atoms with Crippen LogP contribution in [0.4, 0.5) is 0 Å². The number of aryl methyl sites for hydroxylation is 1. The van der Waals surface area contributed by atoms with E-state index in [1.165, 1.54) is 10.5 Å². The third-order valence-corrected chi connectivity index (χ3v) is 16.8. The summed E-state index contributed by atoms with van der Waals surface area (Å²) >= 11 is 1.59. The second kappa shape index (κ2) is 20.2. The lowest BCUT2D eigenvalue weighted by molar-refractivity contribution is -0.144. The number of para-hydroxylation sites is 1. The van der Waals surface area contributed by atoms with Gasteiger partial charge >= 0.3 is 0 Å². The standard InChI is InChI=1S/C55H67N9O5S/c1-33-49(70-32-57-33)36-11-9-34(10-12-36)30-56-53(68)47-28-41(65)31-64(47)54(69)50(55(2,3)4)59-52(67)37-13-16-39(17-14-37)63-25-21-40(22-26-63)62-23-19-35(20-24-62)38-15-18-45-43(27-38)44-29-46(60-61-51(44)58-45)42-7-5-6-8-48(42)66/h5-12,15,18,27,29,32,35,37,39-41,47,50,65-66H,13-14,16-17,19-26,28,30-31H2,1-4H3,(H,56,68)(H,58,61)(H,59,67)/t37-,39-,41-,47+,50-/m1/s1. The van der Waals surface area contributed by atoms with Crippen molar-refractivity contribution < 1.29 is 24.6 Å². The van der Waals surface area contributed by atoms with Crippen molar-refractivity contribution in [3.63, 3.8) is 0 Å². The van der Waals surface area contributed by atoms with E-state index in [1.807, 2.05) is 81.7 Å². The average Bonchev–Trinajstić information content (AvgIpc) is 4.10. The number of aromatic nitrogens is 4. The first-order valence-electron chi connectivity index (χ1n) is 25.4. The summed E-state index contributed by atoms with van der Waals surface area (Å²) in [5, 5.41) is 38.4. The number of rotatable bonds is 11. The van der Waals surface area contributed by atoms with Crippen LogP contribution < -0.4 is 10.6 Å². The highest BCUT2D eigenvalue weighted by Gasteiger charge is 2.45. The molecule has 70 heavy (non-hydrogen) atoms. The lowest BCUT2D eigenvalue weighted by atomic mass is 9.82. The number of likely N-dealkylation sites (tertiary alicyclic amines) is 3. The number of aromatic amines is 1. The maximum Gasteiger partial charge on any atom is 0.246 e. The molecule has 6 aromatic rings. The third kappa shape index (κ3) is 10.1. The average molecular weight is 966 g/mol. The number of hydrogen-bond acceptors (Lipinski definition) is 11. The van der Waals surface area contributed by atoms with E-state index in [9.17, 15) is 24.6 Å². The van der Waals surface area contributed by atoms with Crippen molar-refractivity contribution >= 4 is 51.0 Å². The van der Waals surface area contributed by atoms with Gasteiger partial charge in [-0.3, -0.25) is 14.4 Å².